The van der Waals surface area contributed by atoms with Gasteiger partial charge in [0.25, 0.3) is 15.9 Å². The number of hydrazone groups is 1. The molecular formula is C24H24ClN3O5S. The van der Waals surface area contributed by atoms with Gasteiger partial charge in [-0.15, -0.1) is 0 Å². The van der Waals surface area contributed by atoms with Crippen molar-refractivity contribution in [3.63, 3.8) is 0 Å². The van der Waals surface area contributed by atoms with Gasteiger partial charge >= 0.3 is 0 Å². The first-order valence-corrected chi connectivity index (χ1v) is 12.0. The average molecular weight is 502 g/mol. The molecule has 0 aliphatic carbocycles. The van der Waals surface area contributed by atoms with Gasteiger partial charge in [-0.3, -0.25) is 9.10 Å². The summed E-state index contributed by atoms with van der Waals surface area (Å²) in [5, 5.41) is 4.33. The molecule has 0 atom stereocenters. The van der Waals surface area contributed by atoms with Gasteiger partial charge in [-0.05, 0) is 55.0 Å². The van der Waals surface area contributed by atoms with Crippen LogP contribution < -0.4 is 19.2 Å². The van der Waals surface area contributed by atoms with Crippen LogP contribution in [0.25, 0.3) is 0 Å². The summed E-state index contributed by atoms with van der Waals surface area (Å²) in [6, 6.07) is 17.8. The number of ether oxygens (including phenoxy) is 2. The molecule has 3 aromatic rings. The van der Waals surface area contributed by atoms with Crippen LogP contribution in [0.15, 0.2) is 76.7 Å². The lowest BCUT2D eigenvalue weighted by molar-refractivity contribution is -0.119. The van der Waals surface area contributed by atoms with E-state index < -0.39 is 22.5 Å². The number of aryl methyl sites for hydroxylation is 1. The number of hydrogen-bond acceptors (Lipinski definition) is 6. The highest BCUT2D eigenvalue weighted by atomic mass is 35.5. The van der Waals surface area contributed by atoms with Crippen LogP contribution in [-0.4, -0.2) is 41.3 Å². The van der Waals surface area contributed by atoms with E-state index >= 15 is 0 Å². The van der Waals surface area contributed by atoms with E-state index in [4.69, 9.17) is 21.1 Å². The molecule has 0 heterocycles. The zero-order valence-corrected chi connectivity index (χ0v) is 20.4. The van der Waals surface area contributed by atoms with Gasteiger partial charge in [0.05, 0.1) is 31.0 Å². The molecule has 0 saturated carbocycles. The molecule has 34 heavy (non-hydrogen) atoms. The molecule has 0 saturated heterocycles. The second-order valence-corrected chi connectivity index (χ2v) is 9.43. The lowest BCUT2D eigenvalue weighted by Crippen LogP contribution is -2.39. The monoisotopic (exact) mass is 501 g/mol. The normalized spacial score (nSPS) is 11.3. The number of nitrogens with zero attached hydrogens (tertiary/aromatic N) is 2. The van der Waals surface area contributed by atoms with E-state index in [-0.39, 0.29) is 10.6 Å². The Bertz CT molecular complexity index is 1300. The first kappa shape index (κ1) is 25.1. The molecular weight excluding hydrogens is 478 g/mol. The number of methoxy groups -OCH3 is 2. The van der Waals surface area contributed by atoms with Crippen LogP contribution in [0.5, 0.6) is 11.5 Å². The van der Waals surface area contributed by atoms with Crippen molar-refractivity contribution >= 4 is 39.4 Å². The molecule has 178 valence electrons. The molecule has 0 fully saturated rings. The molecule has 0 aliphatic heterocycles. The van der Waals surface area contributed by atoms with E-state index in [1.54, 1.807) is 55.5 Å². The molecule has 0 spiro atoms. The molecule has 0 bridgehead atoms. The minimum atomic E-state index is -4.05. The third-order valence-electron chi connectivity index (χ3n) is 4.89. The van der Waals surface area contributed by atoms with Crippen LogP contribution in [0.2, 0.25) is 5.02 Å². The minimum Gasteiger partial charge on any atom is -0.497 e. The van der Waals surface area contributed by atoms with E-state index in [1.807, 2.05) is 0 Å². The first-order chi connectivity index (χ1) is 16.3. The zero-order chi connectivity index (χ0) is 24.7. The lowest BCUT2D eigenvalue weighted by Gasteiger charge is -2.24. The minimum absolute atomic E-state index is 0.0455. The fourth-order valence-electron chi connectivity index (χ4n) is 3.05. The highest BCUT2D eigenvalue weighted by molar-refractivity contribution is 7.92. The Labute approximate surface area is 203 Å². The standard InChI is InChI=1S/C24H24ClN3O5S/c1-17-9-10-19(14-22(17)25)28(34(30,31)21-7-5-4-6-8-21)16-24(29)27-26-15-18-13-20(32-2)11-12-23(18)33-3/h4-15H,16H2,1-3H3,(H,27,29)/b26-15-. The highest BCUT2D eigenvalue weighted by Crippen LogP contribution is 2.28. The van der Waals surface area contributed by atoms with E-state index in [9.17, 15) is 13.2 Å². The lowest BCUT2D eigenvalue weighted by atomic mass is 10.2. The Morgan fingerprint density at radius 3 is 2.44 bits per heavy atom. The van der Waals surface area contributed by atoms with Gasteiger partial charge in [-0.25, -0.2) is 13.8 Å². The van der Waals surface area contributed by atoms with E-state index in [0.717, 1.165) is 9.87 Å². The Balaban J connectivity index is 1.86. The summed E-state index contributed by atoms with van der Waals surface area (Å²) in [4.78, 5) is 12.8. The predicted molar refractivity (Wildman–Crippen MR) is 132 cm³/mol. The summed E-state index contributed by atoms with van der Waals surface area (Å²) in [5.74, 6) is 0.473. The van der Waals surface area contributed by atoms with Gasteiger partial charge in [0.15, 0.2) is 0 Å². The Morgan fingerprint density at radius 2 is 1.79 bits per heavy atom. The zero-order valence-electron chi connectivity index (χ0n) is 18.9. The number of sulfonamides is 1. The smallest absolute Gasteiger partial charge is 0.264 e. The fourth-order valence-corrected chi connectivity index (χ4v) is 4.66. The molecule has 10 heteroatoms. The molecule has 0 radical (unpaired) electrons. The van der Waals surface area contributed by atoms with Crippen LogP contribution in [0.4, 0.5) is 5.69 Å². The van der Waals surface area contributed by atoms with Crippen molar-refractivity contribution in [2.75, 3.05) is 25.1 Å². The third-order valence-corrected chi connectivity index (χ3v) is 7.09. The SMILES string of the molecule is COc1ccc(OC)c(/C=N\NC(=O)CN(c2ccc(C)c(Cl)c2)S(=O)(=O)c2ccccc2)c1. The second kappa shape index (κ2) is 11.0. The van der Waals surface area contributed by atoms with E-state index in [1.165, 1.54) is 38.6 Å². The number of carbonyl (C=O) groups is 1. The fraction of sp³-hybridized carbons (Fsp3) is 0.167. The summed E-state index contributed by atoms with van der Waals surface area (Å²) >= 11 is 6.23. The number of nitrogens with one attached hydrogen (secondary N) is 1. The number of carbonyl (C=O) groups excluding carboxylic acids is 1. The molecule has 0 aliphatic rings. The van der Waals surface area contributed by atoms with Crippen molar-refractivity contribution in [2.24, 2.45) is 5.10 Å². The summed E-state index contributed by atoms with van der Waals surface area (Å²) < 4.78 is 38.2. The number of rotatable bonds is 9. The summed E-state index contributed by atoms with van der Waals surface area (Å²) in [7, 11) is -1.01. The van der Waals surface area contributed by atoms with Gasteiger partial charge < -0.3 is 9.47 Å². The topological polar surface area (TPSA) is 97.3 Å². The van der Waals surface area contributed by atoms with Crippen molar-refractivity contribution in [1.29, 1.82) is 0 Å². The van der Waals surface area contributed by atoms with Crippen LogP contribution in [0.1, 0.15) is 11.1 Å². The highest BCUT2D eigenvalue weighted by Gasteiger charge is 2.27. The van der Waals surface area contributed by atoms with Crippen molar-refractivity contribution in [2.45, 2.75) is 11.8 Å². The molecule has 0 aromatic heterocycles. The summed E-state index contributed by atoms with van der Waals surface area (Å²) in [5.41, 5.74) is 3.97. The average Bonchev–Trinajstić information content (AvgIpc) is 2.84. The van der Waals surface area contributed by atoms with Gasteiger partial charge in [0, 0.05) is 10.6 Å². The van der Waals surface area contributed by atoms with Crippen molar-refractivity contribution in [3.8, 4) is 11.5 Å². The molecule has 8 nitrogen and oxygen atoms in total. The van der Waals surface area contributed by atoms with Crippen LogP contribution in [0, 0.1) is 6.92 Å². The number of halogens is 1. The summed E-state index contributed by atoms with van der Waals surface area (Å²) in [6.07, 6.45) is 1.39. The maximum atomic E-state index is 13.3. The van der Waals surface area contributed by atoms with Crippen LogP contribution >= 0.6 is 11.6 Å². The first-order valence-electron chi connectivity index (χ1n) is 10.1. The van der Waals surface area contributed by atoms with Gasteiger partial charge in [0.2, 0.25) is 0 Å². The van der Waals surface area contributed by atoms with Crippen molar-refractivity contribution in [1.82, 2.24) is 5.43 Å². The summed E-state index contributed by atoms with van der Waals surface area (Å²) in [6.45, 7) is 1.29. The van der Waals surface area contributed by atoms with Gasteiger partial charge in [0.1, 0.15) is 18.0 Å². The van der Waals surface area contributed by atoms with Crippen molar-refractivity contribution in [3.05, 3.63) is 82.9 Å². The number of benzene rings is 3. The van der Waals surface area contributed by atoms with E-state index in [0.29, 0.717) is 22.1 Å². The Morgan fingerprint density at radius 1 is 1.06 bits per heavy atom. The predicted octanol–water partition coefficient (Wildman–Crippen LogP) is 4.01. The molecule has 1 amide bonds. The number of amides is 1. The molecule has 3 aromatic carbocycles. The van der Waals surface area contributed by atoms with E-state index in [2.05, 4.69) is 10.5 Å². The second-order valence-electron chi connectivity index (χ2n) is 7.16. The quantitative estimate of drug-likeness (QED) is 0.353. The Kier molecular flexibility index (Phi) is 8.14. The molecule has 3 rings (SSSR count). The third kappa shape index (κ3) is 5.86. The van der Waals surface area contributed by atoms with Crippen LogP contribution in [-0.2, 0) is 14.8 Å². The Hall–Kier alpha value is -3.56. The number of anilines is 1. The molecule has 0 unspecified atom stereocenters. The van der Waals surface area contributed by atoms with Gasteiger partial charge in [-0.1, -0.05) is 35.9 Å². The van der Waals surface area contributed by atoms with Crippen molar-refractivity contribution < 1.29 is 22.7 Å². The van der Waals surface area contributed by atoms with Crippen LogP contribution in [0.3, 0.4) is 0 Å². The number of hydrogen-bond donors (Lipinski definition) is 1. The molecule has 1 N–H and O–H groups in total. The largest absolute Gasteiger partial charge is 0.497 e. The van der Waals surface area contributed by atoms with Gasteiger partial charge in [-0.2, -0.15) is 5.10 Å². The maximum absolute atomic E-state index is 13.3. The maximum Gasteiger partial charge on any atom is 0.264 e.